The zero-order valence-corrected chi connectivity index (χ0v) is 15.7. The van der Waals surface area contributed by atoms with Crippen LogP contribution in [-0.4, -0.2) is 4.40 Å². The van der Waals surface area contributed by atoms with Gasteiger partial charge >= 0.3 is 0 Å². The molecule has 0 aliphatic rings. The van der Waals surface area contributed by atoms with Gasteiger partial charge in [-0.3, -0.25) is 0 Å². The standard InChI is InChI=1S/C24H12ClNS/c25-13-8-9-22-18(10-13)19-11-21-17(12-23(19)27-22)16-6-3-5-15-14-4-1-2-7-20(14)26(21)24(15)16/h1-12H. The lowest BCUT2D eigenvalue weighted by molar-refractivity contribution is 1.37. The predicted molar refractivity (Wildman–Crippen MR) is 119 cm³/mol. The summed E-state index contributed by atoms with van der Waals surface area (Å²) in [7, 11) is 0. The number of rotatable bonds is 0. The summed E-state index contributed by atoms with van der Waals surface area (Å²) in [6.45, 7) is 0. The van der Waals surface area contributed by atoms with Crippen molar-refractivity contribution in [2.75, 3.05) is 0 Å². The van der Waals surface area contributed by atoms with Crippen LogP contribution in [-0.2, 0) is 0 Å². The number of hydrogen-bond acceptors (Lipinski definition) is 1. The van der Waals surface area contributed by atoms with Crippen molar-refractivity contribution in [1.82, 2.24) is 4.40 Å². The molecule has 3 aromatic heterocycles. The average Bonchev–Trinajstić information content (AvgIpc) is 3.32. The highest BCUT2D eigenvalue weighted by Crippen LogP contribution is 2.43. The third-order valence-corrected chi connectivity index (χ3v) is 7.14. The Morgan fingerprint density at radius 2 is 1.37 bits per heavy atom. The summed E-state index contributed by atoms with van der Waals surface area (Å²) in [6.07, 6.45) is 0. The molecule has 0 fully saturated rings. The van der Waals surface area contributed by atoms with Crippen molar-refractivity contribution < 1.29 is 0 Å². The van der Waals surface area contributed by atoms with Gasteiger partial charge in [0.2, 0.25) is 0 Å². The van der Waals surface area contributed by atoms with E-state index in [4.69, 9.17) is 11.6 Å². The number of benzene rings is 4. The molecule has 0 atom stereocenters. The van der Waals surface area contributed by atoms with E-state index >= 15 is 0 Å². The number of hydrogen-bond donors (Lipinski definition) is 0. The summed E-state index contributed by atoms with van der Waals surface area (Å²) in [5, 5.41) is 8.63. The van der Waals surface area contributed by atoms with Gasteiger partial charge in [0.15, 0.2) is 0 Å². The highest BCUT2D eigenvalue weighted by molar-refractivity contribution is 7.25. The number of nitrogens with zero attached hydrogens (tertiary/aromatic N) is 1. The highest BCUT2D eigenvalue weighted by atomic mass is 35.5. The van der Waals surface area contributed by atoms with Crippen molar-refractivity contribution in [1.29, 1.82) is 0 Å². The second-order valence-corrected chi connectivity index (χ2v) is 8.68. The van der Waals surface area contributed by atoms with Gasteiger partial charge < -0.3 is 4.40 Å². The Balaban J connectivity index is 1.82. The minimum absolute atomic E-state index is 0.791. The molecule has 0 saturated heterocycles. The second kappa shape index (κ2) is 4.72. The van der Waals surface area contributed by atoms with E-state index in [1.807, 2.05) is 17.4 Å². The molecule has 27 heavy (non-hydrogen) atoms. The maximum atomic E-state index is 6.29. The van der Waals surface area contributed by atoms with Crippen LogP contribution < -0.4 is 0 Å². The van der Waals surface area contributed by atoms with Gasteiger partial charge in [-0.05, 0) is 36.4 Å². The molecule has 0 saturated carbocycles. The van der Waals surface area contributed by atoms with Crippen LogP contribution in [0.3, 0.4) is 0 Å². The monoisotopic (exact) mass is 381 g/mol. The fourth-order valence-electron chi connectivity index (χ4n) is 4.67. The molecule has 1 nitrogen and oxygen atoms in total. The molecule has 7 rings (SSSR count). The Labute approximate surface area is 163 Å². The van der Waals surface area contributed by atoms with Gasteiger partial charge in [0.05, 0.1) is 16.6 Å². The normalized spacial score (nSPS) is 12.6. The predicted octanol–water partition coefficient (Wildman–Crippen LogP) is 7.86. The molecule has 0 aliphatic carbocycles. The lowest BCUT2D eigenvalue weighted by atomic mass is 10.1. The van der Waals surface area contributed by atoms with Crippen LogP contribution in [0, 0.1) is 0 Å². The third-order valence-electron chi connectivity index (χ3n) is 5.78. The minimum atomic E-state index is 0.791. The van der Waals surface area contributed by atoms with Crippen molar-refractivity contribution in [3.8, 4) is 0 Å². The fraction of sp³-hybridized carbons (Fsp3) is 0. The molecule has 0 bridgehead atoms. The summed E-state index contributed by atoms with van der Waals surface area (Å²) < 4.78 is 5.04. The maximum absolute atomic E-state index is 6.29. The lowest BCUT2D eigenvalue weighted by Crippen LogP contribution is -1.79. The van der Waals surface area contributed by atoms with Gasteiger partial charge in [0, 0.05) is 46.7 Å². The minimum Gasteiger partial charge on any atom is -0.308 e. The molecule has 0 aliphatic heterocycles. The number of aromatic nitrogens is 1. The van der Waals surface area contributed by atoms with E-state index in [9.17, 15) is 0 Å². The molecule has 7 aromatic rings. The molecular weight excluding hydrogens is 370 g/mol. The van der Waals surface area contributed by atoms with Gasteiger partial charge in [-0.2, -0.15) is 0 Å². The zero-order chi connectivity index (χ0) is 17.7. The van der Waals surface area contributed by atoms with E-state index in [2.05, 4.69) is 71.1 Å². The smallest absolute Gasteiger partial charge is 0.0620 e. The van der Waals surface area contributed by atoms with Crippen molar-refractivity contribution in [2.24, 2.45) is 0 Å². The first-order chi connectivity index (χ1) is 13.3. The maximum Gasteiger partial charge on any atom is 0.0620 e. The third kappa shape index (κ3) is 1.66. The van der Waals surface area contributed by atoms with E-state index in [1.165, 1.54) is 58.3 Å². The van der Waals surface area contributed by atoms with Crippen LogP contribution in [0.15, 0.2) is 72.8 Å². The van der Waals surface area contributed by atoms with Crippen LogP contribution in [0.1, 0.15) is 0 Å². The zero-order valence-electron chi connectivity index (χ0n) is 14.2. The van der Waals surface area contributed by atoms with Crippen LogP contribution in [0.2, 0.25) is 5.02 Å². The van der Waals surface area contributed by atoms with Crippen molar-refractivity contribution in [3.63, 3.8) is 0 Å². The van der Waals surface area contributed by atoms with E-state index in [-0.39, 0.29) is 0 Å². The molecule has 0 unspecified atom stereocenters. The van der Waals surface area contributed by atoms with Gasteiger partial charge in [-0.1, -0.05) is 48.0 Å². The number of halogens is 1. The Morgan fingerprint density at radius 1 is 0.593 bits per heavy atom. The molecule has 4 aromatic carbocycles. The van der Waals surface area contributed by atoms with Crippen LogP contribution in [0.25, 0.3) is 58.3 Å². The van der Waals surface area contributed by atoms with Crippen molar-refractivity contribution >= 4 is 81.2 Å². The summed E-state index contributed by atoms with van der Waals surface area (Å²) in [5.74, 6) is 0. The molecule has 0 spiro atoms. The second-order valence-electron chi connectivity index (χ2n) is 7.16. The van der Waals surface area contributed by atoms with Gasteiger partial charge in [-0.25, -0.2) is 0 Å². The first-order valence-corrected chi connectivity index (χ1v) is 10.2. The van der Waals surface area contributed by atoms with Gasteiger partial charge in [-0.15, -0.1) is 11.3 Å². The first kappa shape index (κ1) is 14.3. The van der Waals surface area contributed by atoms with Crippen LogP contribution in [0.5, 0.6) is 0 Å². The highest BCUT2D eigenvalue weighted by Gasteiger charge is 2.18. The average molecular weight is 382 g/mol. The van der Waals surface area contributed by atoms with Crippen molar-refractivity contribution in [3.05, 3.63) is 77.8 Å². The van der Waals surface area contributed by atoms with E-state index < -0.39 is 0 Å². The molecule has 126 valence electrons. The van der Waals surface area contributed by atoms with E-state index in [0.717, 1.165) is 5.02 Å². The SMILES string of the molecule is Clc1ccc2sc3cc4c5cccc6c7ccccc7n(c4cc3c2c1)c65. The van der Waals surface area contributed by atoms with Crippen LogP contribution in [0.4, 0.5) is 0 Å². The quantitative estimate of drug-likeness (QED) is 0.252. The van der Waals surface area contributed by atoms with Crippen LogP contribution >= 0.6 is 22.9 Å². The summed E-state index contributed by atoms with van der Waals surface area (Å²) in [4.78, 5) is 0. The fourth-order valence-corrected chi connectivity index (χ4v) is 5.95. The largest absolute Gasteiger partial charge is 0.308 e. The summed E-state index contributed by atoms with van der Waals surface area (Å²) >= 11 is 8.13. The Hall–Kier alpha value is -2.81. The summed E-state index contributed by atoms with van der Waals surface area (Å²) in [6, 6.07) is 26.3. The Kier molecular flexibility index (Phi) is 2.49. The first-order valence-electron chi connectivity index (χ1n) is 8.98. The molecule has 0 N–H and O–H groups in total. The summed E-state index contributed by atoms with van der Waals surface area (Å²) in [5.41, 5.74) is 3.87. The van der Waals surface area contributed by atoms with E-state index in [0.29, 0.717) is 0 Å². The molecule has 3 heteroatoms. The molecule has 0 amide bonds. The topological polar surface area (TPSA) is 4.41 Å². The van der Waals surface area contributed by atoms with Gasteiger partial charge in [0.25, 0.3) is 0 Å². The Bertz CT molecular complexity index is 1690. The molecule has 0 radical (unpaired) electrons. The van der Waals surface area contributed by atoms with E-state index in [1.54, 1.807) is 0 Å². The number of thiophene rings is 1. The van der Waals surface area contributed by atoms with Crippen molar-refractivity contribution in [2.45, 2.75) is 0 Å². The van der Waals surface area contributed by atoms with Gasteiger partial charge in [0.1, 0.15) is 0 Å². The molecular formula is C24H12ClNS. The number of para-hydroxylation sites is 2. The Morgan fingerprint density at radius 3 is 2.30 bits per heavy atom. The molecule has 3 heterocycles. The lowest BCUT2D eigenvalue weighted by Gasteiger charge is -1.99. The number of fused-ring (bicyclic) bond motifs is 9.